The van der Waals surface area contributed by atoms with Crippen molar-refractivity contribution in [2.75, 3.05) is 18.9 Å². The van der Waals surface area contributed by atoms with Gasteiger partial charge in [-0.2, -0.15) is 0 Å². The summed E-state index contributed by atoms with van der Waals surface area (Å²) in [6.07, 6.45) is -3.12. The summed E-state index contributed by atoms with van der Waals surface area (Å²) < 4.78 is 23.8. The Labute approximate surface area is 305 Å². The molecule has 0 aliphatic carbocycles. The number of aldehydes is 1. The molecule has 52 heavy (non-hydrogen) atoms. The summed E-state index contributed by atoms with van der Waals surface area (Å²) in [5.41, 5.74) is 0.979. The van der Waals surface area contributed by atoms with Crippen LogP contribution in [0.1, 0.15) is 44.7 Å². The van der Waals surface area contributed by atoms with Gasteiger partial charge in [0.25, 0.3) is 0 Å². The van der Waals surface area contributed by atoms with Crippen LogP contribution in [0, 0.1) is 5.92 Å². The summed E-state index contributed by atoms with van der Waals surface area (Å²) >= 11 is -1.68. The molecule has 10 N–H and O–H groups in total. The number of hydrogen-bond donors (Lipinski definition) is 10. The van der Waals surface area contributed by atoms with Crippen LogP contribution in [-0.2, 0) is 52.1 Å². The van der Waals surface area contributed by atoms with Crippen LogP contribution >= 0.6 is 12.0 Å². The van der Waals surface area contributed by atoms with E-state index in [4.69, 9.17) is 0 Å². The van der Waals surface area contributed by atoms with Crippen LogP contribution in [0.5, 0.6) is 5.75 Å². The minimum atomic E-state index is -2.11. The smallest absolute Gasteiger partial charge is 0.248 e. The first kappa shape index (κ1) is 40.8. The van der Waals surface area contributed by atoms with Gasteiger partial charge in [0.15, 0.2) is 6.04 Å². The molecule has 1 fully saturated rings. The molecule has 2 aliphatic heterocycles. The number of aromatic nitrogens is 1. The van der Waals surface area contributed by atoms with Crippen LogP contribution < -0.4 is 21.3 Å². The molecule has 20 heteroatoms. The van der Waals surface area contributed by atoms with Crippen molar-refractivity contribution in [3.05, 3.63) is 23.3 Å². The van der Waals surface area contributed by atoms with Crippen LogP contribution in [-0.4, -0.2) is 137 Å². The molecule has 4 rings (SSSR count). The predicted molar refractivity (Wildman–Crippen MR) is 187 cm³/mol. The van der Waals surface area contributed by atoms with Gasteiger partial charge in [0.05, 0.1) is 30.1 Å². The van der Waals surface area contributed by atoms with E-state index in [1.54, 1.807) is 13.0 Å². The number of aliphatic hydroxyl groups excluding tert-OH is 3. The fraction of sp³-hybridized carbons (Fsp3) is 0.562. The Morgan fingerprint density at radius 1 is 1.17 bits per heavy atom. The first-order chi connectivity index (χ1) is 24.6. The van der Waals surface area contributed by atoms with Gasteiger partial charge in [-0.1, -0.05) is 6.92 Å². The minimum Gasteiger partial charge on any atom is -0.610 e. The zero-order valence-electron chi connectivity index (χ0n) is 28.7. The average molecular weight is 769 g/mol. The maximum Gasteiger partial charge on any atom is 0.248 e. The summed E-state index contributed by atoms with van der Waals surface area (Å²) in [5.74, 6) is -6.05. The van der Waals surface area contributed by atoms with Gasteiger partial charge in [-0.3, -0.25) is 24.0 Å². The summed E-state index contributed by atoms with van der Waals surface area (Å²) in [6.45, 7) is 3.05. The number of H-pyrrole nitrogens is 1. The third-order valence-electron chi connectivity index (χ3n) is 9.18. The standard InChI is InChI=1S/C32H44N6O12S2/c1-14-8-19-18-4-5-24(43)20(12-51-49)27(18)37-31(19)52(50)13-22(34-16(3)41)28(45)35-21(6-7-39)32(48)38-10-17(42)9-23(38)29(46)36-26(30(47)33-14)15(2)25(44)11-40/h4-5,7,14-15,17,21-23,25-26,37,40,42-44,49H,6,8-13H2,1-3H3,(H,33,47)(H,34,41)(H,35,45)(H,36,46). The van der Waals surface area contributed by atoms with E-state index in [2.05, 4.69) is 26.3 Å². The molecule has 9 atom stereocenters. The fourth-order valence-corrected chi connectivity index (χ4v) is 8.28. The van der Waals surface area contributed by atoms with Gasteiger partial charge >= 0.3 is 0 Å². The van der Waals surface area contributed by atoms with Gasteiger partial charge < -0.3 is 65.5 Å². The third-order valence-corrected chi connectivity index (χ3v) is 11.0. The van der Waals surface area contributed by atoms with Gasteiger partial charge in [-0.15, -0.1) is 0 Å². The summed E-state index contributed by atoms with van der Waals surface area (Å²) in [6, 6.07) is -3.74. The van der Waals surface area contributed by atoms with Gasteiger partial charge in [0.2, 0.25) is 34.6 Å². The lowest BCUT2D eigenvalue weighted by Crippen LogP contribution is -2.60. The zero-order valence-corrected chi connectivity index (χ0v) is 30.3. The first-order valence-corrected chi connectivity index (χ1v) is 18.8. The van der Waals surface area contributed by atoms with Crippen molar-refractivity contribution in [2.45, 2.75) is 93.2 Å². The molecule has 1 aromatic carbocycles. The minimum absolute atomic E-state index is 0.00357. The molecule has 0 spiro atoms. The SMILES string of the molecule is CC(=O)NC1C[S+]([O-])c2[nH]c3c(CSO)c(O)ccc3c2CC(C)NC(=O)C(C(C)C(O)CO)NC(=O)C2CC(O)CN2C(=O)C(CC=O)NC1=O. The predicted octanol–water partition coefficient (Wildman–Crippen LogP) is -2.24. The normalized spacial score (nSPS) is 27.7. The number of carbonyl (C=O) groups excluding carboxylic acids is 6. The molecule has 5 amide bonds. The number of nitrogens with zero attached hydrogens (tertiary/aromatic N) is 1. The van der Waals surface area contributed by atoms with Gasteiger partial charge in [-0.05, 0) is 37.5 Å². The van der Waals surface area contributed by atoms with Crippen LogP contribution in [0.2, 0.25) is 0 Å². The summed E-state index contributed by atoms with van der Waals surface area (Å²) in [5, 5.41) is 51.9. The molecule has 9 unspecified atom stereocenters. The van der Waals surface area contributed by atoms with E-state index in [1.165, 1.54) is 13.0 Å². The second-order valence-corrected chi connectivity index (χ2v) is 15.0. The topological polar surface area (TPSA) is 294 Å². The third kappa shape index (κ3) is 9.17. The highest BCUT2D eigenvalue weighted by atomic mass is 32.2. The highest BCUT2D eigenvalue weighted by Crippen LogP contribution is 2.35. The van der Waals surface area contributed by atoms with E-state index in [0.29, 0.717) is 34.8 Å². The number of carbonyl (C=O) groups is 6. The van der Waals surface area contributed by atoms with Crippen molar-refractivity contribution >= 4 is 69.9 Å². The Hall–Kier alpha value is -3.92. The molecule has 0 bridgehead atoms. The van der Waals surface area contributed by atoms with E-state index < -0.39 is 108 Å². The quantitative estimate of drug-likeness (QED) is 0.0774. The Kier molecular flexibility index (Phi) is 13.9. The number of rotatable bonds is 8. The second-order valence-electron chi connectivity index (χ2n) is 13.0. The molecule has 0 saturated carbocycles. The first-order valence-electron chi connectivity index (χ1n) is 16.5. The number of aliphatic hydroxyl groups is 3. The maximum absolute atomic E-state index is 14.2. The number of hydrogen-bond acceptors (Lipinski definition) is 13. The average Bonchev–Trinajstić information content (AvgIpc) is 3.66. The maximum atomic E-state index is 14.2. The highest BCUT2D eigenvalue weighted by Gasteiger charge is 2.44. The lowest BCUT2D eigenvalue weighted by Gasteiger charge is -2.32. The Balaban J connectivity index is 1.87. The molecule has 2 aromatic rings. The number of amides is 5. The van der Waals surface area contributed by atoms with Crippen molar-refractivity contribution in [3.63, 3.8) is 0 Å². The fourth-order valence-electron chi connectivity index (χ4n) is 6.47. The van der Waals surface area contributed by atoms with Crippen molar-refractivity contribution in [1.82, 2.24) is 31.2 Å². The molecular formula is C32H44N6O12S2. The molecule has 286 valence electrons. The number of aromatic amines is 1. The Bertz CT molecular complexity index is 1680. The second kappa shape index (κ2) is 17.7. The lowest BCUT2D eigenvalue weighted by molar-refractivity contribution is -0.143. The van der Waals surface area contributed by atoms with Crippen LogP contribution in [0.25, 0.3) is 10.9 Å². The van der Waals surface area contributed by atoms with Gasteiger partial charge in [0, 0.05) is 66.0 Å². The number of phenolic OH excluding ortho intramolecular Hbond substituents is 1. The van der Waals surface area contributed by atoms with E-state index >= 15 is 0 Å². The molecular weight excluding hydrogens is 725 g/mol. The van der Waals surface area contributed by atoms with Crippen molar-refractivity contribution in [3.8, 4) is 5.75 Å². The van der Waals surface area contributed by atoms with E-state index in [-0.39, 0.29) is 41.5 Å². The molecule has 18 nitrogen and oxygen atoms in total. The number of nitrogens with one attached hydrogen (secondary N) is 5. The monoisotopic (exact) mass is 768 g/mol. The molecule has 3 heterocycles. The lowest BCUT2D eigenvalue weighted by atomic mass is 9.94. The Morgan fingerprint density at radius 3 is 2.52 bits per heavy atom. The van der Waals surface area contributed by atoms with E-state index in [1.807, 2.05) is 0 Å². The number of aromatic hydroxyl groups is 1. The van der Waals surface area contributed by atoms with Crippen molar-refractivity contribution in [1.29, 1.82) is 0 Å². The molecule has 1 aromatic heterocycles. The van der Waals surface area contributed by atoms with Crippen molar-refractivity contribution < 1.29 is 58.3 Å². The zero-order chi connectivity index (χ0) is 38.4. The summed E-state index contributed by atoms with van der Waals surface area (Å²) in [4.78, 5) is 82.9. The highest BCUT2D eigenvalue weighted by molar-refractivity contribution is 7.93. The van der Waals surface area contributed by atoms with Gasteiger partial charge in [0.1, 0.15) is 35.9 Å². The largest absolute Gasteiger partial charge is 0.610 e. The van der Waals surface area contributed by atoms with Crippen molar-refractivity contribution in [2.24, 2.45) is 5.92 Å². The van der Waals surface area contributed by atoms with Crippen LogP contribution in [0.4, 0.5) is 0 Å². The van der Waals surface area contributed by atoms with Crippen LogP contribution in [0.3, 0.4) is 0 Å². The van der Waals surface area contributed by atoms with E-state index in [0.717, 1.165) is 11.8 Å². The number of fused-ring (bicyclic) bond motifs is 4. The van der Waals surface area contributed by atoms with Crippen LogP contribution in [0.15, 0.2) is 17.2 Å². The van der Waals surface area contributed by atoms with E-state index in [9.17, 15) is 58.3 Å². The number of phenols is 1. The summed E-state index contributed by atoms with van der Waals surface area (Å²) in [7, 11) is 0. The molecule has 2 aliphatic rings. The number of benzene rings is 1. The van der Waals surface area contributed by atoms with Gasteiger partial charge in [-0.25, -0.2) is 0 Å². The molecule has 0 radical (unpaired) electrons. The Morgan fingerprint density at radius 2 is 1.88 bits per heavy atom. The molecule has 1 saturated heterocycles.